The fourth-order valence-electron chi connectivity index (χ4n) is 1.95. The van der Waals surface area contributed by atoms with Gasteiger partial charge in [-0.25, -0.2) is 0 Å². The van der Waals surface area contributed by atoms with E-state index >= 15 is 0 Å². The second-order valence-electron chi connectivity index (χ2n) is 5.63. The highest BCUT2D eigenvalue weighted by molar-refractivity contribution is 14.0. The zero-order chi connectivity index (χ0) is 18.5. The van der Waals surface area contributed by atoms with Crippen molar-refractivity contribution < 1.29 is 14.3 Å². The monoisotopic (exact) mass is 478 g/mol. The van der Waals surface area contributed by atoms with E-state index in [0.29, 0.717) is 12.3 Å². The maximum atomic E-state index is 11.6. The molecule has 7 nitrogen and oxygen atoms in total. The number of carbonyl (C=O) groups is 1. The van der Waals surface area contributed by atoms with Crippen LogP contribution in [0.5, 0.6) is 5.75 Å². The van der Waals surface area contributed by atoms with Gasteiger partial charge in [-0.3, -0.25) is 9.79 Å². The van der Waals surface area contributed by atoms with Gasteiger partial charge < -0.3 is 25.0 Å². The number of carbonyl (C=O) groups excluding carboxylic acids is 1. The molecule has 0 aliphatic heterocycles. The van der Waals surface area contributed by atoms with Crippen molar-refractivity contribution in [3.8, 4) is 5.75 Å². The van der Waals surface area contributed by atoms with Crippen LogP contribution in [-0.4, -0.2) is 64.3 Å². The van der Waals surface area contributed by atoms with Crippen molar-refractivity contribution in [2.75, 3.05) is 47.5 Å². The zero-order valence-corrected chi connectivity index (χ0v) is 18.4. The van der Waals surface area contributed by atoms with Crippen molar-refractivity contribution in [2.45, 2.75) is 19.9 Å². The third-order valence-electron chi connectivity index (χ3n) is 3.41. The molecule has 0 spiro atoms. The third-order valence-corrected chi connectivity index (χ3v) is 3.41. The first-order valence-corrected chi connectivity index (χ1v) is 8.51. The van der Waals surface area contributed by atoms with E-state index in [9.17, 15) is 4.79 Å². The quantitative estimate of drug-likeness (QED) is 0.233. The number of hydrogen-bond acceptors (Lipinski definition) is 4. The van der Waals surface area contributed by atoms with Gasteiger partial charge in [-0.15, -0.1) is 24.0 Å². The average molecular weight is 478 g/mol. The van der Waals surface area contributed by atoms with Crippen LogP contribution in [0.4, 0.5) is 0 Å². The van der Waals surface area contributed by atoms with Crippen LogP contribution in [0.25, 0.3) is 0 Å². The van der Waals surface area contributed by atoms with Gasteiger partial charge in [0.1, 0.15) is 5.75 Å². The van der Waals surface area contributed by atoms with E-state index in [0.717, 1.165) is 37.7 Å². The van der Waals surface area contributed by atoms with Crippen LogP contribution >= 0.6 is 24.0 Å². The van der Waals surface area contributed by atoms with Crippen molar-refractivity contribution in [1.29, 1.82) is 0 Å². The average Bonchev–Trinajstić information content (AvgIpc) is 2.62. The molecule has 0 fully saturated rings. The van der Waals surface area contributed by atoms with E-state index in [-0.39, 0.29) is 36.5 Å². The molecule has 1 rings (SSSR count). The lowest BCUT2D eigenvalue weighted by molar-refractivity contribution is -0.130. The Morgan fingerprint density at radius 3 is 2.69 bits per heavy atom. The van der Waals surface area contributed by atoms with Crippen LogP contribution in [0.2, 0.25) is 0 Å². The first-order chi connectivity index (χ1) is 12.1. The highest BCUT2D eigenvalue weighted by Gasteiger charge is 2.05. The van der Waals surface area contributed by atoms with Crippen LogP contribution in [0.15, 0.2) is 29.3 Å². The number of rotatable bonds is 10. The summed E-state index contributed by atoms with van der Waals surface area (Å²) in [5, 5.41) is 6.50. The number of nitrogens with one attached hydrogen (secondary N) is 2. The number of guanidine groups is 1. The van der Waals surface area contributed by atoms with E-state index in [1.54, 1.807) is 21.1 Å². The van der Waals surface area contributed by atoms with Crippen molar-refractivity contribution in [1.82, 2.24) is 15.5 Å². The topological polar surface area (TPSA) is 75.2 Å². The molecule has 0 saturated carbocycles. The molecule has 0 aromatic heterocycles. The Bertz CT molecular complexity index is 553. The number of nitrogens with zero attached hydrogens (tertiary/aromatic N) is 2. The van der Waals surface area contributed by atoms with Crippen LogP contribution in [0.1, 0.15) is 18.9 Å². The molecule has 148 valence electrons. The number of aliphatic imine (C=N–C) groups is 1. The van der Waals surface area contributed by atoms with E-state index in [1.807, 2.05) is 31.2 Å². The Hall–Kier alpha value is -1.55. The largest absolute Gasteiger partial charge is 0.484 e. The Labute approximate surface area is 173 Å². The molecule has 0 bridgehead atoms. The smallest absolute Gasteiger partial charge is 0.259 e. The number of halogens is 1. The molecule has 1 aromatic rings. The summed E-state index contributed by atoms with van der Waals surface area (Å²) >= 11 is 0. The molecule has 0 unspecified atom stereocenters. The van der Waals surface area contributed by atoms with E-state index in [2.05, 4.69) is 15.6 Å². The molecule has 0 aliphatic carbocycles. The predicted molar refractivity (Wildman–Crippen MR) is 115 cm³/mol. The minimum absolute atomic E-state index is 0. The summed E-state index contributed by atoms with van der Waals surface area (Å²) in [4.78, 5) is 17.3. The van der Waals surface area contributed by atoms with Gasteiger partial charge >= 0.3 is 0 Å². The fourth-order valence-corrected chi connectivity index (χ4v) is 1.95. The standard InChI is InChI=1S/C18H30N4O3.HI/c1-5-24-11-7-10-20-18(19-2)21-13-15-8-6-9-16(12-15)25-14-17(23)22(3)4;/h6,8-9,12H,5,7,10-11,13-14H2,1-4H3,(H2,19,20,21);1H. The normalized spacial score (nSPS) is 10.7. The molecule has 8 heteroatoms. The van der Waals surface area contributed by atoms with Crippen LogP contribution in [0.3, 0.4) is 0 Å². The molecule has 1 amide bonds. The summed E-state index contributed by atoms with van der Waals surface area (Å²) in [6.45, 7) is 4.92. The highest BCUT2D eigenvalue weighted by Crippen LogP contribution is 2.13. The molecule has 0 atom stereocenters. The Morgan fingerprint density at radius 1 is 1.27 bits per heavy atom. The maximum absolute atomic E-state index is 11.6. The number of amides is 1. The number of likely N-dealkylation sites (N-methyl/N-ethyl adjacent to an activating group) is 1. The number of ether oxygens (including phenoxy) is 2. The summed E-state index contributed by atoms with van der Waals surface area (Å²) in [6, 6.07) is 7.66. The molecule has 2 N–H and O–H groups in total. The Balaban J connectivity index is 0.00000625. The Morgan fingerprint density at radius 2 is 2.04 bits per heavy atom. The molecular weight excluding hydrogens is 447 g/mol. The third kappa shape index (κ3) is 10.4. The van der Waals surface area contributed by atoms with Gasteiger partial charge in [0.15, 0.2) is 12.6 Å². The minimum atomic E-state index is -0.0693. The van der Waals surface area contributed by atoms with Gasteiger partial charge in [-0.05, 0) is 31.0 Å². The van der Waals surface area contributed by atoms with Crippen molar-refractivity contribution >= 4 is 35.8 Å². The zero-order valence-electron chi connectivity index (χ0n) is 16.1. The van der Waals surface area contributed by atoms with Crippen LogP contribution in [0, 0.1) is 0 Å². The van der Waals surface area contributed by atoms with Crippen molar-refractivity contribution in [3.63, 3.8) is 0 Å². The van der Waals surface area contributed by atoms with Crippen LogP contribution < -0.4 is 15.4 Å². The second-order valence-corrected chi connectivity index (χ2v) is 5.63. The molecule has 0 aliphatic rings. The van der Waals surface area contributed by atoms with E-state index in [4.69, 9.17) is 9.47 Å². The second kappa shape index (κ2) is 14.6. The van der Waals surface area contributed by atoms with Gasteiger partial charge in [-0.2, -0.15) is 0 Å². The van der Waals surface area contributed by atoms with Crippen LogP contribution in [-0.2, 0) is 16.1 Å². The molecule has 1 aromatic carbocycles. The predicted octanol–water partition coefficient (Wildman–Crippen LogP) is 1.86. The summed E-state index contributed by atoms with van der Waals surface area (Å²) in [5.41, 5.74) is 1.05. The van der Waals surface area contributed by atoms with E-state index < -0.39 is 0 Å². The van der Waals surface area contributed by atoms with Crippen molar-refractivity contribution in [2.24, 2.45) is 4.99 Å². The van der Waals surface area contributed by atoms with Crippen molar-refractivity contribution in [3.05, 3.63) is 29.8 Å². The molecule has 0 heterocycles. The van der Waals surface area contributed by atoms with E-state index in [1.165, 1.54) is 4.90 Å². The minimum Gasteiger partial charge on any atom is -0.484 e. The van der Waals surface area contributed by atoms with Gasteiger partial charge in [-0.1, -0.05) is 12.1 Å². The molecule has 26 heavy (non-hydrogen) atoms. The lowest BCUT2D eigenvalue weighted by atomic mass is 10.2. The highest BCUT2D eigenvalue weighted by atomic mass is 127. The van der Waals surface area contributed by atoms with Gasteiger partial charge in [0.05, 0.1) is 0 Å². The van der Waals surface area contributed by atoms with Gasteiger partial charge in [0.25, 0.3) is 5.91 Å². The van der Waals surface area contributed by atoms with Gasteiger partial charge in [0, 0.05) is 47.4 Å². The summed E-state index contributed by atoms with van der Waals surface area (Å²) < 4.78 is 10.8. The lowest BCUT2D eigenvalue weighted by Crippen LogP contribution is -2.37. The molecule has 0 radical (unpaired) electrons. The first-order valence-electron chi connectivity index (χ1n) is 8.51. The molecular formula is C18H31IN4O3. The number of benzene rings is 1. The molecule has 0 saturated heterocycles. The summed E-state index contributed by atoms with van der Waals surface area (Å²) in [6.07, 6.45) is 0.928. The first kappa shape index (κ1) is 24.5. The fraction of sp³-hybridized carbons (Fsp3) is 0.556. The summed E-state index contributed by atoms with van der Waals surface area (Å²) in [5.74, 6) is 1.35. The Kier molecular flexibility index (Phi) is 13.7. The van der Waals surface area contributed by atoms with Gasteiger partial charge in [0.2, 0.25) is 0 Å². The SMILES string of the molecule is CCOCCCNC(=NC)NCc1cccc(OCC(=O)N(C)C)c1.I. The number of hydrogen-bond donors (Lipinski definition) is 2. The summed E-state index contributed by atoms with van der Waals surface area (Å²) in [7, 11) is 5.16. The lowest BCUT2D eigenvalue weighted by Gasteiger charge is -2.13. The maximum Gasteiger partial charge on any atom is 0.259 e.